The van der Waals surface area contributed by atoms with Gasteiger partial charge < -0.3 is 19.3 Å². The number of benzene rings is 3. The van der Waals surface area contributed by atoms with Crippen molar-refractivity contribution in [1.29, 1.82) is 0 Å². The van der Waals surface area contributed by atoms with Gasteiger partial charge in [0.1, 0.15) is 5.75 Å². The lowest BCUT2D eigenvalue weighted by Crippen LogP contribution is -2.51. The number of piperidine rings is 2. The summed E-state index contributed by atoms with van der Waals surface area (Å²) in [6.45, 7) is 10.2. The highest BCUT2D eigenvalue weighted by atomic mass is 35.5. The second-order valence-electron chi connectivity index (χ2n) is 13.6. The molecule has 1 unspecified atom stereocenters. The van der Waals surface area contributed by atoms with Crippen LogP contribution in [-0.2, 0) is 31.6 Å². The van der Waals surface area contributed by atoms with Crippen LogP contribution in [0.5, 0.6) is 5.75 Å². The van der Waals surface area contributed by atoms with Gasteiger partial charge in [-0.2, -0.15) is 0 Å². The number of halogens is 2. The quantitative estimate of drug-likeness (QED) is 0.181. The number of rotatable bonds is 12. The van der Waals surface area contributed by atoms with Gasteiger partial charge in [-0.1, -0.05) is 71.7 Å². The summed E-state index contributed by atoms with van der Waals surface area (Å²) in [6.07, 6.45) is 6.06. The minimum Gasteiger partial charge on any atom is -0.491 e. The number of hydrogen-bond acceptors (Lipinski definition) is 5. The molecule has 0 aromatic heterocycles. The van der Waals surface area contributed by atoms with Crippen LogP contribution in [0.25, 0.3) is 0 Å². The Morgan fingerprint density at radius 1 is 0.830 bits per heavy atom. The van der Waals surface area contributed by atoms with Gasteiger partial charge in [0.15, 0.2) is 0 Å². The lowest BCUT2D eigenvalue weighted by atomic mass is 9.69. The van der Waals surface area contributed by atoms with Crippen molar-refractivity contribution in [2.75, 3.05) is 39.3 Å². The molecular formula is C39H48Cl2N2O4. The van der Waals surface area contributed by atoms with Crippen LogP contribution >= 0.6 is 23.2 Å². The average molecular weight is 680 g/mol. The molecule has 1 amide bonds. The van der Waals surface area contributed by atoms with Gasteiger partial charge in [0.2, 0.25) is 5.91 Å². The lowest BCUT2D eigenvalue weighted by Gasteiger charge is -2.46. The second kappa shape index (κ2) is 15.9. The van der Waals surface area contributed by atoms with Crippen LogP contribution in [0.2, 0.25) is 10.0 Å². The van der Waals surface area contributed by atoms with Crippen LogP contribution in [-0.4, -0.2) is 67.1 Å². The largest absolute Gasteiger partial charge is 0.491 e. The van der Waals surface area contributed by atoms with Gasteiger partial charge in [-0.05, 0) is 113 Å². The first-order valence-electron chi connectivity index (χ1n) is 17.0. The zero-order valence-corrected chi connectivity index (χ0v) is 29.5. The van der Waals surface area contributed by atoms with E-state index in [2.05, 4.69) is 41.3 Å². The van der Waals surface area contributed by atoms with Crippen LogP contribution in [0, 0.1) is 0 Å². The topological polar surface area (TPSA) is 59.1 Å². The Labute approximate surface area is 290 Å². The van der Waals surface area contributed by atoms with E-state index in [0.717, 1.165) is 81.6 Å². The van der Waals surface area contributed by atoms with Gasteiger partial charge in [0, 0.05) is 30.8 Å². The molecule has 3 aromatic carbocycles. The van der Waals surface area contributed by atoms with Crippen LogP contribution in [0.3, 0.4) is 0 Å². The van der Waals surface area contributed by atoms with Crippen LogP contribution in [0.4, 0.5) is 0 Å². The highest BCUT2D eigenvalue weighted by molar-refractivity contribution is 6.42. The van der Waals surface area contributed by atoms with Crippen molar-refractivity contribution in [3.8, 4) is 5.75 Å². The SMILES string of the molecule is CC(=O)OCCC1(c2ccccc2)CCN(CCC2(c3ccc(Cl)c(Cl)c3)CCCN(C(=O)Cc3cccc(OC(C)C)c3)C2)CC1. The van der Waals surface area contributed by atoms with Gasteiger partial charge in [0.25, 0.3) is 0 Å². The zero-order valence-electron chi connectivity index (χ0n) is 28.0. The Kier molecular flexibility index (Phi) is 11.9. The van der Waals surface area contributed by atoms with E-state index in [1.165, 1.54) is 12.5 Å². The maximum absolute atomic E-state index is 13.8. The summed E-state index contributed by atoms with van der Waals surface area (Å²) in [7, 11) is 0. The molecule has 47 heavy (non-hydrogen) atoms. The predicted molar refractivity (Wildman–Crippen MR) is 190 cm³/mol. The summed E-state index contributed by atoms with van der Waals surface area (Å²) in [4.78, 5) is 29.9. The standard InChI is InChI=1S/C39H48Cl2N2O4/c1-29(2)47-34-12-7-9-31(25-34)26-37(45)43-20-8-15-39(28-43,33-13-14-35(40)36(41)27-33)18-23-42-21-16-38(17-22-42,19-24-46-30(3)44)32-10-5-4-6-11-32/h4-7,9-14,25,27,29H,8,15-24,26,28H2,1-3H3. The fourth-order valence-corrected chi connectivity index (χ4v) is 7.78. The number of ether oxygens (including phenoxy) is 2. The molecule has 8 heteroatoms. The van der Waals surface area contributed by atoms with Crippen LogP contribution in [0.1, 0.15) is 76.0 Å². The van der Waals surface area contributed by atoms with Crippen LogP contribution < -0.4 is 4.74 Å². The first-order valence-corrected chi connectivity index (χ1v) is 17.7. The third-order valence-electron chi connectivity index (χ3n) is 10.1. The minimum absolute atomic E-state index is 0.0137. The zero-order chi connectivity index (χ0) is 33.4. The number of carbonyl (C=O) groups is 2. The van der Waals surface area contributed by atoms with Crippen molar-refractivity contribution >= 4 is 35.1 Å². The molecule has 2 fully saturated rings. The highest BCUT2D eigenvalue weighted by Gasteiger charge is 2.41. The molecule has 2 aliphatic rings. The number of nitrogens with zero attached hydrogens (tertiary/aromatic N) is 2. The molecule has 2 heterocycles. The van der Waals surface area contributed by atoms with Crippen LogP contribution in [0.15, 0.2) is 72.8 Å². The maximum atomic E-state index is 13.8. The summed E-state index contributed by atoms with van der Waals surface area (Å²) in [6, 6.07) is 24.5. The molecule has 252 valence electrons. The van der Waals surface area contributed by atoms with E-state index in [4.69, 9.17) is 32.7 Å². The predicted octanol–water partition coefficient (Wildman–Crippen LogP) is 8.26. The van der Waals surface area contributed by atoms with E-state index in [0.29, 0.717) is 29.6 Å². The van der Waals surface area contributed by atoms with Crippen molar-refractivity contribution < 1.29 is 19.1 Å². The molecular weight excluding hydrogens is 631 g/mol. The normalized spacial score (nSPS) is 19.8. The van der Waals surface area contributed by atoms with Gasteiger partial charge in [-0.15, -0.1) is 0 Å². The van der Waals surface area contributed by atoms with E-state index in [1.807, 2.05) is 55.1 Å². The van der Waals surface area contributed by atoms with Gasteiger partial charge >= 0.3 is 5.97 Å². The van der Waals surface area contributed by atoms with Crippen molar-refractivity contribution in [1.82, 2.24) is 9.80 Å². The molecule has 0 aliphatic carbocycles. The molecule has 0 N–H and O–H groups in total. The lowest BCUT2D eigenvalue weighted by molar-refractivity contribution is -0.141. The van der Waals surface area contributed by atoms with Crippen molar-refractivity contribution in [3.05, 3.63) is 99.5 Å². The first-order chi connectivity index (χ1) is 22.6. The Balaban J connectivity index is 1.30. The number of amides is 1. The Hall–Kier alpha value is -3.06. The summed E-state index contributed by atoms with van der Waals surface area (Å²) in [5, 5.41) is 1.09. The van der Waals surface area contributed by atoms with Gasteiger partial charge in [0.05, 0.1) is 29.2 Å². The van der Waals surface area contributed by atoms with E-state index in [-0.39, 0.29) is 28.8 Å². The van der Waals surface area contributed by atoms with Gasteiger partial charge in [-0.3, -0.25) is 9.59 Å². The molecule has 2 saturated heterocycles. The number of carbonyl (C=O) groups excluding carboxylic acids is 2. The summed E-state index contributed by atoms with van der Waals surface area (Å²) < 4.78 is 11.3. The first kappa shape index (κ1) is 35.3. The minimum atomic E-state index is -0.230. The third kappa shape index (κ3) is 9.10. The van der Waals surface area contributed by atoms with Gasteiger partial charge in [-0.25, -0.2) is 0 Å². The fourth-order valence-electron chi connectivity index (χ4n) is 7.48. The molecule has 0 saturated carbocycles. The van der Waals surface area contributed by atoms with E-state index in [9.17, 15) is 9.59 Å². The van der Waals surface area contributed by atoms with Crippen molar-refractivity contribution in [3.63, 3.8) is 0 Å². The number of esters is 1. The summed E-state index contributed by atoms with van der Waals surface area (Å²) in [5.41, 5.74) is 3.19. The Bertz CT molecular complexity index is 1510. The summed E-state index contributed by atoms with van der Waals surface area (Å²) in [5.74, 6) is 0.694. The van der Waals surface area contributed by atoms with Crippen molar-refractivity contribution in [2.45, 2.75) is 82.7 Å². The number of hydrogen-bond donors (Lipinski definition) is 0. The molecule has 2 aliphatic heterocycles. The molecule has 6 nitrogen and oxygen atoms in total. The smallest absolute Gasteiger partial charge is 0.302 e. The Morgan fingerprint density at radius 2 is 1.60 bits per heavy atom. The maximum Gasteiger partial charge on any atom is 0.302 e. The molecule has 3 aromatic rings. The van der Waals surface area contributed by atoms with E-state index >= 15 is 0 Å². The number of likely N-dealkylation sites (tertiary alicyclic amines) is 2. The van der Waals surface area contributed by atoms with Crippen molar-refractivity contribution in [2.24, 2.45) is 0 Å². The monoisotopic (exact) mass is 678 g/mol. The molecule has 0 spiro atoms. The highest BCUT2D eigenvalue weighted by Crippen LogP contribution is 2.42. The molecule has 1 atom stereocenters. The summed E-state index contributed by atoms with van der Waals surface area (Å²) >= 11 is 13.0. The van der Waals surface area contributed by atoms with E-state index in [1.54, 1.807) is 0 Å². The second-order valence-corrected chi connectivity index (χ2v) is 14.5. The molecule has 5 rings (SSSR count). The fraction of sp³-hybridized carbons (Fsp3) is 0.487. The molecule has 0 bridgehead atoms. The molecule has 0 radical (unpaired) electrons. The average Bonchev–Trinajstić information content (AvgIpc) is 3.06. The van der Waals surface area contributed by atoms with E-state index < -0.39 is 0 Å². The Morgan fingerprint density at radius 3 is 2.30 bits per heavy atom. The third-order valence-corrected chi connectivity index (χ3v) is 10.8.